The van der Waals surface area contributed by atoms with Crippen LogP contribution in [0.2, 0.25) is 0 Å². The number of allylic oxidation sites excluding steroid dienone is 2. The van der Waals surface area contributed by atoms with E-state index in [9.17, 15) is 4.79 Å². The van der Waals surface area contributed by atoms with Crippen LogP contribution in [0, 0.1) is 13.0 Å². The second-order valence-corrected chi connectivity index (χ2v) is 6.97. The number of aromatic nitrogens is 1. The maximum atomic E-state index is 10.2. The Morgan fingerprint density at radius 1 is 1.20 bits per heavy atom. The van der Waals surface area contributed by atoms with Crippen molar-refractivity contribution < 1.29 is 36.1 Å². The molecule has 0 amide bonds. The van der Waals surface area contributed by atoms with Crippen LogP contribution in [0.4, 0.5) is 0 Å². The van der Waals surface area contributed by atoms with Gasteiger partial charge in [0.2, 0.25) is 0 Å². The molecule has 0 unspecified atom stereocenters. The number of hydrogen-bond donors (Lipinski definition) is 1. The molecule has 4 aromatic rings. The van der Waals surface area contributed by atoms with Crippen molar-refractivity contribution in [3.05, 3.63) is 78.2 Å². The molecule has 1 aromatic heterocycles. The Morgan fingerprint density at radius 3 is 2.67 bits per heavy atom. The van der Waals surface area contributed by atoms with Gasteiger partial charge in [-0.2, -0.15) is 0 Å². The molecular formula is C25H20IrNO3-. The van der Waals surface area contributed by atoms with Crippen molar-refractivity contribution in [1.82, 2.24) is 4.98 Å². The molecule has 5 heteroatoms. The fourth-order valence-corrected chi connectivity index (χ4v) is 3.52. The van der Waals surface area contributed by atoms with E-state index in [1.165, 1.54) is 19.4 Å². The largest absolute Gasteiger partial charge is 0.512 e. The molecule has 4 nitrogen and oxygen atoms in total. The first-order valence-corrected chi connectivity index (χ1v) is 9.25. The number of nitrogens with zero attached hydrogens (tertiary/aromatic N) is 1. The Kier molecular flexibility index (Phi) is 5.93. The van der Waals surface area contributed by atoms with Crippen LogP contribution < -0.4 is 4.74 Å². The fourth-order valence-electron chi connectivity index (χ4n) is 3.52. The molecule has 153 valence electrons. The molecule has 1 aliphatic heterocycles. The molecule has 0 aliphatic carbocycles. The molecule has 0 saturated carbocycles. The van der Waals surface area contributed by atoms with Gasteiger partial charge in [-0.15, -0.1) is 12.1 Å². The Morgan fingerprint density at radius 2 is 1.97 bits per heavy atom. The van der Waals surface area contributed by atoms with Gasteiger partial charge in [-0.25, -0.2) is 0 Å². The fraction of sp³-hybridized carbons (Fsp3) is 0.120. The third kappa shape index (κ3) is 4.13. The number of rotatable bonds is 1. The van der Waals surface area contributed by atoms with Gasteiger partial charge in [0, 0.05) is 43.4 Å². The monoisotopic (exact) mass is 576 g/mol. The van der Waals surface area contributed by atoms with Crippen LogP contribution in [0.1, 0.15) is 20.8 Å². The smallest absolute Gasteiger partial charge is 0.155 e. The summed E-state index contributed by atoms with van der Waals surface area (Å²) < 4.78 is 13.0. The predicted octanol–water partition coefficient (Wildman–Crippen LogP) is 6.30. The molecule has 0 saturated heterocycles. The second-order valence-electron chi connectivity index (χ2n) is 6.97. The van der Waals surface area contributed by atoms with E-state index in [0.717, 1.165) is 44.3 Å². The molecular weight excluding hydrogens is 554 g/mol. The van der Waals surface area contributed by atoms with E-state index in [1.54, 1.807) is 0 Å². The number of carbonyl (C=O) groups is 1. The number of benzene rings is 3. The topological polar surface area (TPSA) is 59.4 Å². The number of ketones is 1. The van der Waals surface area contributed by atoms with E-state index in [-0.39, 0.29) is 31.9 Å². The van der Waals surface area contributed by atoms with Gasteiger partial charge in [0.1, 0.15) is 5.75 Å². The van der Waals surface area contributed by atoms with Crippen LogP contribution in [-0.4, -0.2) is 15.9 Å². The summed E-state index contributed by atoms with van der Waals surface area (Å²) in [5, 5.41) is 12.9. The van der Waals surface area contributed by atoms with Crippen LogP contribution in [0.25, 0.3) is 32.8 Å². The zero-order valence-electron chi connectivity index (χ0n) is 17.7. The van der Waals surface area contributed by atoms with Gasteiger partial charge in [-0.05, 0) is 43.9 Å². The molecule has 1 aliphatic rings. The second kappa shape index (κ2) is 8.78. The van der Waals surface area contributed by atoms with Gasteiger partial charge in [-0.3, -0.25) is 4.79 Å². The van der Waals surface area contributed by atoms with E-state index < -0.39 is 5.78 Å². The van der Waals surface area contributed by atoms with Crippen molar-refractivity contribution in [2.24, 2.45) is 0 Å². The van der Waals surface area contributed by atoms with Gasteiger partial charge >= 0.3 is 0 Å². The van der Waals surface area contributed by atoms with Crippen molar-refractivity contribution in [3.8, 4) is 22.8 Å². The number of aliphatic hydroxyl groups is 1. The molecule has 30 heavy (non-hydrogen) atoms. The van der Waals surface area contributed by atoms with Crippen molar-refractivity contribution >= 4 is 27.3 Å². The maximum absolute atomic E-state index is 10.2. The third-order valence-electron chi connectivity index (χ3n) is 4.58. The Labute approximate surface area is 190 Å². The van der Waals surface area contributed by atoms with Crippen LogP contribution in [0.5, 0.6) is 11.5 Å². The summed E-state index contributed by atoms with van der Waals surface area (Å²) in [6, 6.07) is 19.6. The van der Waals surface area contributed by atoms with Crippen LogP contribution in [-0.2, 0) is 24.9 Å². The third-order valence-corrected chi connectivity index (χ3v) is 4.58. The number of ether oxygens (including phenoxy) is 1. The predicted molar refractivity (Wildman–Crippen MR) is 115 cm³/mol. The summed E-state index contributed by atoms with van der Waals surface area (Å²) in [4.78, 5) is 14.8. The molecule has 2 heterocycles. The van der Waals surface area contributed by atoms with Crippen molar-refractivity contribution in [1.29, 1.82) is 0 Å². The van der Waals surface area contributed by atoms with E-state index in [1.807, 2.05) is 30.5 Å². The number of aliphatic hydroxyl groups excluding tert-OH is 1. The summed E-state index contributed by atoms with van der Waals surface area (Å²) in [7, 11) is 0. The van der Waals surface area contributed by atoms with Gasteiger partial charge < -0.3 is 14.8 Å². The summed E-state index contributed by atoms with van der Waals surface area (Å²) in [6.45, 7) is 4.63. The van der Waals surface area contributed by atoms with Gasteiger partial charge in [0.15, 0.2) is 5.78 Å². The van der Waals surface area contributed by atoms with Crippen LogP contribution in [0.15, 0.2) is 66.5 Å². The Balaban J connectivity index is 0.000000263. The summed E-state index contributed by atoms with van der Waals surface area (Å²) >= 11 is 0. The molecule has 1 radical (unpaired) electrons. The summed E-state index contributed by atoms with van der Waals surface area (Å²) in [5.74, 6) is 1.11. The van der Waals surface area contributed by atoms with E-state index in [4.69, 9.17) is 11.2 Å². The number of fused-ring (bicyclic) bond motifs is 4. The van der Waals surface area contributed by atoms with E-state index in [2.05, 4.69) is 42.2 Å². The number of aryl methyl sites for hydroxylation is 1. The zero-order chi connectivity index (χ0) is 21.4. The summed E-state index contributed by atoms with van der Waals surface area (Å²) in [5.41, 5.74) is 3.09. The quantitative estimate of drug-likeness (QED) is 0.145. The summed E-state index contributed by atoms with van der Waals surface area (Å²) in [6.07, 6.45) is 1.86. The van der Waals surface area contributed by atoms with E-state index in [0.29, 0.717) is 0 Å². The van der Waals surface area contributed by atoms with Gasteiger partial charge in [0.25, 0.3) is 0 Å². The molecule has 0 bridgehead atoms. The van der Waals surface area contributed by atoms with Gasteiger partial charge in [-0.1, -0.05) is 46.7 Å². The molecule has 3 aromatic carbocycles. The number of carbonyl (C=O) groups excluding carboxylic acids is 1. The van der Waals surface area contributed by atoms with Gasteiger partial charge in [0.05, 0.1) is 12.9 Å². The average Bonchev–Trinajstić information content (AvgIpc) is 2.73. The average molecular weight is 576 g/mol. The van der Waals surface area contributed by atoms with E-state index >= 15 is 0 Å². The molecule has 0 atom stereocenters. The zero-order valence-corrected chi connectivity index (χ0v) is 19.1. The van der Waals surface area contributed by atoms with Crippen molar-refractivity contribution in [3.63, 3.8) is 0 Å². The first kappa shape index (κ1) is 20.3. The SMILES string of the molecule is Cc1cc2c3c(nccc3c1)-c1[c-]cc3ccccc3c1O2.[2H]/C(C(C)=O)=C(\C)O.[Ir]. The van der Waals surface area contributed by atoms with Crippen molar-refractivity contribution in [2.75, 3.05) is 0 Å². The van der Waals surface area contributed by atoms with Crippen LogP contribution >= 0.6 is 0 Å². The molecule has 0 fully saturated rings. The normalized spacial score (nSPS) is 12.4. The molecule has 0 spiro atoms. The maximum Gasteiger partial charge on any atom is 0.155 e. The Hall–Kier alpha value is -3.01. The molecule has 1 N–H and O–H groups in total. The van der Waals surface area contributed by atoms with Crippen molar-refractivity contribution in [2.45, 2.75) is 20.8 Å². The minimum Gasteiger partial charge on any atom is -0.512 e. The minimum absolute atomic E-state index is 0. The number of pyridine rings is 1. The molecule has 5 rings (SSSR count). The van der Waals surface area contributed by atoms with Crippen LogP contribution in [0.3, 0.4) is 0 Å². The first-order valence-electron chi connectivity index (χ1n) is 9.75. The first-order chi connectivity index (χ1) is 14.4. The standard InChI is InChI=1S/C20H12NO.C5H8O2.Ir/c1-12-10-14-8-9-21-19-16-7-6-13-4-2-3-5-15(13)20(16)22-17(11-12)18(14)19;1-4(6)3-5(2)7;/h2-6,8-11H,1H3;3,6H,1-2H3;/q-1;;/b;4-3-;/i;3D;. The Bertz CT molecular complexity index is 1340. The number of hydrogen-bond acceptors (Lipinski definition) is 4. The minimum atomic E-state index is -0.412.